The molecule has 0 N–H and O–H groups in total. The van der Waals surface area contributed by atoms with Crippen molar-refractivity contribution in [1.29, 1.82) is 0 Å². The number of amides is 1. The third-order valence-corrected chi connectivity index (χ3v) is 3.64. The summed E-state index contributed by atoms with van der Waals surface area (Å²) in [7, 11) is 0. The van der Waals surface area contributed by atoms with E-state index in [4.69, 9.17) is 14.2 Å². The lowest BCUT2D eigenvalue weighted by Gasteiger charge is -2.38. The zero-order valence-corrected chi connectivity index (χ0v) is 15.7. The smallest absolute Gasteiger partial charge is 0.412 e. The Balaban J connectivity index is 2.99. The first-order valence-corrected chi connectivity index (χ1v) is 8.40. The van der Waals surface area contributed by atoms with Crippen LogP contribution in [0.1, 0.15) is 61.3 Å². The van der Waals surface area contributed by atoms with Crippen LogP contribution in [-0.4, -0.2) is 47.2 Å². The molecule has 23 heavy (non-hydrogen) atoms. The predicted octanol–water partition coefficient (Wildman–Crippen LogP) is 4.12. The zero-order chi connectivity index (χ0) is 17.8. The quantitative estimate of drug-likeness (QED) is 0.689. The van der Waals surface area contributed by atoms with E-state index in [9.17, 15) is 4.79 Å². The van der Waals surface area contributed by atoms with Crippen molar-refractivity contribution in [3.05, 3.63) is 12.7 Å². The monoisotopic (exact) mass is 327 g/mol. The second kappa shape index (κ2) is 7.67. The Kier molecular flexibility index (Phi) is 6.66. The maximum Gasteiger partial charge on any atom is 0.412 e. The van der Waals surface area contributed by atoms with Crippen molar-refractivity contribution in [2.75, 3.05) is 6.61 Å². The molecule has 0 aromatic rings. The molecule has 1 unspecified atom stereocenters. The minimum Gasteiger partial charge on any atom is -0.444 e. The normalized spacial score (nSPS) is 22.3. The fraction of sp³-hybridized carbons (Fsp3) is 0.833. The molecule has 5 nitrogen and oxygen atoms in total. The first kappa shape index (κ1) is 20.0. The van der Waals surface area contributed by atoms with E-state index in [0.717, 1.165) is 12.8 Å². The predicted molar refractivity (Wildman–Crippen MR) is 91.3 cm³/mol. The van der Waals surface area contributed by atoms with Crippen LogP contribution in [0.2, 0.25) is 0 Å². The molecule has 0 aromatic heterocycles. The third kappa shape index (κ3) is 5.81. The van der Waals surface area contributed by atoms with Crippen molar-refractivity contribution < 1.29 is 19.0 Å². The van der Waals surface area contributed by atoms with Gasteiger partial charge >= 0.3 is 6.09 Å². The molecule has 1 amide bonds. The molecule has 1 saturated heterocycles. The Morgan fingerprint density at radius 1 is 1.43 bits per heavy atom. The van der Waals surface area contributed by atoms with Gasteiger partial charge in [-0.1, -0.05) is 6.08 Å². The van der Waals surface area contributed by atoms with Gasteiger partial charge in [-0.05, 0) is 61.3 Å². The van der Waals surface area contributed by atoms with Crippen LogP contribution < -0.4 is 0 Å². The molecule has 0 radical (unpaired) electrons. The van der Waals surface area contributed by atoms with Crippen LogP contribution in [-0.2, 0) is 14.2 Å². The van der Waals surface area contributed by atoms with Crippen LogP contribution in [0.4, 0.5) is 4.79 Å². The zero-order valence-electron chi connectivity index (χ0n) is 15.7. The van der Waals surface area contributed by atoms with Crippen molar-refractivity contribution in [2.45, 2.75) is 90.9 Å². The number of hydrogen-bond donors (Lipinski definition) is 0. The number of rotatable bonds is 6. The average molecular weight is 327 g/mol. The summed E-state index contributed by atoms with van der Waals surface area (Å²) in [5, 5.41) is 0. The van der Waals surface area contributed by atoms with Crippen LogP contribution in [0.15, 0.2) is 12.7 Å². The molecule has 0 aromatic carbocycles. The third-order valence-electron chi connectivity index (χ3n) is 3.64. The van der Waals surface area contributed by atoms with Crippen molar-refractivity contribution in [2.24, 2.45) is 0 Å². The van der Waals surface area contributed by atoms with Gasteiger partial charge in [0.05, 0.1) is 24.9 Å². The molecule has 1 fully saturated rings. The van der Waals surface area contributed by atoms with E-state index in [1.54, 1.807) is 4.90 Å². The topological polar surface area (TPSA) is 48.0 Å². The maximum absolute atomic E-state index is 12.7. The molecule has 0 spiro atoms. The van der Waals surface area contributed by atoms with Gasteiger partial charge in [0.15, 0.2) is 0 Å². The first-order chi connectivity index (χ1) is 10.5. The molecule has 1 rings (SSSR count). The van der Waals surface area contributed by atoms with Gasteiger partial charge in [0.1, 0.15) is 11.3 Å². The van der Waals surface area contributed by atoms with E-state index >= 15 is 0 Å². The van der Waals surface area contributed by atoms with Crippen LogP contribution in [0.5, 0.6) is 0 Å². The SMILES string of the molecule is C=CCCC(OC(C)C)[C@@H]1COC(C)(C)N1C(=O)OC(C)(C)C. The van der Waals surface area contributed by atoms with Crippen LogP contribution in [0.3, 0.4) is 0 Å². The Morgan fingerprint density at radius 3 is 2.52 bits per heavy atom. The highest BCUT2D eigenvalue weighted by atomic mass is 16.6. The minimum atomic E-state index is -0.709. The number of carbonyl (C=O) groups is 1. The van der Waals surface area contributed by atoms with Crippen molar-refractivity contribution >= 4 is 6.09 Å². The second-order valence-electron chi connectivity index (χ2n) is 7.76. The Bertz CT molecular complexity index is 412. The Morgan fingerprint density at radius 2 is 2.04 bits per heavy atom. The fourth-order valence-corrected chi connectivity index (χ4v) is 2.76. The standard InChI is InChI=1S/C18H33NO4/c1-9-10-11-15(22-13(2)3)14-12-21-18(7,8)19(14)16(20)23-17(4,5)6/h9,13-15H,1,10-12H2,2-8H3/t14-,15?/m0/s1. The van der Waals surface area contributed by atoms with E-state index in [1.807, 2.05) is 54.5 Å². The van der Waals surface area contributed by atoms with Gasteiger partial charge in [-0.2, -0.15) is 0 Å². The fourth-order valence-electron chi connectivity index (χ4n) is 2.76. The summed E-state index contributed by atoms with van der Waals surface area (Å²) in [5.74, 6) is 0. The summed E-state index contributed by atoms with van der Waals surface area (Å²) in [6, 6.07) is -0.165. The van der Waals surface area contributed by atoms with E-state index < -0.39 is 11.3 Å². The molecule has 1 aliphatic heterocycles. The summed E-state index contributed by atoms with van der Waals surface area (Å²) >= 11 is 0. The largest absolute Gasteiger partial charge is 0.444 e. The van der Waals surface area contributed by atoms with E-state index in [1.165, 1.54) is 0 Å². The molecule has 1 aliphatic rings. The highest BCUT2D eigenvalue weighted by Gasteiger charge is 2.48. The molecular weight excluding hydrogens is 294 g/mol. The lowest BCUT2D eigenvalue weighted by Crippen LogP contribution is -2.54. The molecule has 1 heterocycles. The summed E-state index contributed by atoms with van der Waals surface area (Å²) in [6.07, 6.45) is 3.11. The van der Waals surface area contributed by atoms with Crippen molar-refractivity contribution in [3.63, 3.8) is 0 Å². The Labute approximate surface area is 141 Å². The van der Waals surface area contributed by atoms with Crippen LogP contribution in [0.25, 0.3) is 0 Å². The lowest BCUT2D eigenvalue weighted by atomic mass is 10.0. The molecule has 0 saturated carbocycles. The molecule has 5 heteroatoms. The van der Waals surface area contributed by atoms with Gasteiger partial charge in [-0.3, -0.25) is 4.90 Å². The Hall–Kier alpha value is -1.07. The van der Waals surface area contributed by atoms with Crippen LogP contribution in [0, 0.1) is 0 Å². The van der Waals surface area contributed by atoms with Crippen LogP contribution >= 0.6 is 0 Å². The van der Waals surface area contributed by atoms with E-state index in [2.05, 4.69) is 6.58 Å². The van der Waals surface area contributed by atoms with E-state index in [0.29, 0.717) is 6.61 Å². The number of carbonyl (C=O) groups excluding carboxylic acids is 1. The molecule has 2 atom stereocenters. The lowest BCUT2D eigenvalue weighted by molar-refractivity contribution is -0.0791. The first-order valence-electron chi connectivity index (χ1n) is 8.40. The highest BCUT2D eigenvalue weighted by molar-refractivity contribution is 5.69. The molecular formula is C18H33NO4. The maximum atomic E-state index is 12.7. The number of allylic oxidation sites excluding steroid dienone is 1. The van der Waals surface area contributed by atoms with Gasteiger partial charge < -0.3 is 14.2 Å². The number of hydrogen-bond acceptors (Lipinski definition) is 4. The molecule has 134 valence electrons. The number of ether oxygens (including phenoxy) is 3. The van der Waals surface area contributed by atoms with Crippen molar-refractivity contribution in [1.82, 2.24) is 4.90 Å². The van der Waals surface area contributed by atoms with Gasteiger partial charge in [-0.25, -0.2) is 4.79 Å². The summed E-state index contributed by atoms with van der Waals surface area (Å²) < 4.78 is 17.5. The van der Waals surface area contributed by atoms with E-state index in [-0.39, 0.29) is 24.3 Å². The van der Waals surface area contributed by atoms with Gasteiger partial charge in [0, 0.05) is 0 Å². The number of nitrogens with zero attached hydrogens (tertiary/aromatic N) is 1. The molecule has 0 bridgehead atoms. The summed E-state index contributed by atoms with van der Waals surface area (Å²) in [5.41, 5.74) is -1.25. The average Bonchev–Trinajstić information content (AvgIpc) is 2.67. The highest BCUT2D eigenvalue weighted by Crippen LogP contribution is 2.33. The van der Waals surface area contributed by atoms with Gasteiger partial charge in [0.2, 0.25) is 0 Å². The minimum absolute atomic E-state index is 0.0778. The van der Waals surface area contributed by atoms with Crippen molar-refractivity contribution in [3.8, 4) is 0 Å². The summed E-state index contributed by atoms with van der Waals surface area (Å²) in [4.78, 5) is 14.4. The van der Waals surface area contributed by atoms with Gasteiger partial charge in [-0.15, -0.1) is 6.58 Å². The second-order valence-corrected chi connectivity index (χ2v) is 7.76. The summed E-state index contributed by atoms with van der Waals surface area (Å²) in [6.45, 7) is 17.6. The molecule has 0 aliphatic carbocycles. The van der Waals surface area contributed by atoms with Gasteiger partial charge in [0.25, 0.3) is 0 Å².